The van der Waals surface area contributed by atoms with Crippen molar-refractivity contribution in [1.82, 2.24) is 4.98 Å². The van der Waals surface area contributed by atoms with Gasteiger partial charge in [-0.05, 0) is 37.1 Å². The van der Waals surface area contributed by atoms with Crippen LogP contribution in [0, 0.1) is 6.92 Å². The minimum atomic E-state index is -0.00415. The summed E-state index contributed by atoms with van der Waals surface area (Å²) in [5.74, 6) is 1.38. The van der Waals surface area contributed by atoms with Crippen molar-refractivity contribution in [3.63, 3.8) is 0 Å². The third kappa shape index (κ3) is 3.04. The molecule has 0 saturated heterocycles. The maximum Gasteiger partial charge on any atom is 0.219 e. The van der Waals surface area contributed by atoms with E-state index in [1.165, 1.54) is 0 Å². The molecule has 2 aromatic rings. The van der Waals surface area contributed by atoms with E-state index < -0.39 is 0 Å². The lowest BCUT2D eigenvalue weighted by molar-refractivity contribution is 0.462. The number of nitrogens with two attached hydrogens (primary N) is 1. The van der Waals surface area contributed by atoms with Gasteiger partial charge in [0.15, 0.2) is 0 Å². The lowest BCUT2D eigenvalue weighted by atomic mass is 10.2. The number of aryl methyl sites for hydroxylation is 1. The molecule has 0 saturated carbocycles. The molecule has 2 rings (SSSR count). The van der Waals surface area contributed by atoms with Crippen molar-refractivity contribution in [3.8, 4) is 11.6 Å². The van der Waals surface area contributed by atoms with Crippen LogP contribution in [0.5, 0.6) is 11.6 Å². The first-order valence-corrected chi connectivity index (χ1v) is 5.61. The van der Waals surface area contributed by atoms with E-state index in [-0.39, 0.29) is 6.04 Å². The third-order valence-corrected chi connectivity index (χ3v) is 2.50. The van der Waals surface area contributed by atoms with E-state index >= 15 is 0 Å². The van der Waals surface area contributed by atoms with Gasteiger partial charge in [0.25, 0.3) is 0 Å². The van der Waals surface area contributed by atoms with E-state index in [9.17, 15) is 0 Å². The van der Waals surface area contributed by atoms with Crippen molar-refractivity contribution in [2.24, 2.45) is 5.73 Å². The predicted molar refractivity (Wildman–Crippen MR) is 68.1 cm³/mol. The lowest BCUT2D eigenvalue weighted by Crippen LogP contribution is -2.05. The van der Waals surface area contributed by atoms with Gasteiger partial charge in [-0.2, -0.15) is 0 Å². The van der Waals surface area contributed by atoms with Gasteiger partial charge in [0, 0.05) is 18.3 Å². The standard InChI is InChI=1S/C14H16N2O/c1-10-4-3-5-13(8-10)17-14-7-6-12(9-16-14)11(2)15/h3-9,11H,15H2,1-2H3/t11-/m0/s1. The van der Waals surface area contributed by atoms with Crippen LogP contribution in [0.25, 0.3) is 0 Å². The van der Waals surface area contributed by atoms with Gasteiger partial charge >= 0.3 is 0 Å². The average Bonchev–Trinajstić information content (AvgIpc) is 2.29. The molecule has 0 spiro atoms. The molecule has 1 heterocycles. The maximum atomic E-state index is 5.76. The van der Waals surface area contributed by atoms with E-state index in [0.29, 0.717) is 5.88 Å². The molecule has 0 unspecified atom stereocenters. The van der Waals surface area contributed by atoms with Gasteiger partial charge in [-0.15, -0.1) is 0 Å². The summed E-state index contributed by atoms with van der Waals surface area (Å²) in [4.78, 5) is 4.22. The van der Waals surface area contributed by atoms with Gasteiger partial charge in [-0.3, -0.25) is 0 Å². The number of aromatic nitrogens is 1. The molecule has 0 aliphatic rings. The van der Waals surface area contributed by atoms with Gasteiger partial charge in [0.2, 0.25) is 5.88 Å². The zero-order valence-electron chi connectivity index (χ0n) is 10.1. The van der Waals surface area contributed by atoms with Crippen molar-refractivity contribution < 1.29 is 4.74 Å². The van der Waals surface area contributed by atoms with Gasteiger partial charge in [-0.25, -0.2) is 4.98 Å². The molecule has 1 aromatic heterocycles. The molecule has 3 nitrogen and oxygen atoms in total. The van der Waals surface area contributed by atoms with E-state index in [1.54, 1.807) is 6.20 Å². The number of ether oxygens (including phenoxy) is 1. The van der Waals surface area contributed by atoms with Gasteiger partial charge in [0.05, 0.1) is 0 Å². The fourth-order valence-corrected chi connectivity index (χ4v) is 1.52. The Bertz CT molecular complexity index is 492. The largest absolute Gasteiger partial charge is 0.439 e. The summed E-state index contributed by atoms with van der Waals surface area (Å²) >= 11 is 0. The van der Waals surface area contributed by atoms with Gasteiger partial charge in [-0.1, -0.05) is 18.2 Å². The molecule has 0 bridgehead atoms. The second-order valence-corrected chi connectivity index (χ2v) is 4.14. The van der Waals surface area contributed by atoms with Crippen LogP contribution in [0.4, 0.5) is 0 Å². The maximum absolute atomic E-state index is 5.76. The summed E-state index contributed by atoms with van der Waals surface area (Å²) in [5.41, 5.74) is 7.92. The molecule has 88 valence electrons. The SMILES string of the molecule is Cc1cccc(Oc2ccc([C@H](C)N)cn2)c1. The fourth-order valence-electron chi connectivity index (χ4n) is 1.52. The van der Waals surface area contributed by atoms with Gasteiger partial charge < -0.3 is 10.5 Å². The number of hydrogen-bond donors (Lipinski definition) is 1. The topological polar surface area (TPSA) is 48.1 Å². The number of benzene rings is 1. The molecule has 0 fully saturated rings. The Balaban J connectivity index is 2.14. The fraction of sp³-hybridized carbons (Fsp3) is 0.214. The Hall–Kier alpha value is -1.87. The Morgan fingerprint density at radius 1 is 1.24 bits per heavy atom. The monoisotopic (exact) mass is 228 g/mol. The van der Waals surface area contributed by atoms with Crippen molar-refractivity contribution in [3.05, 3.63) is 53.7 Å². The first kappa shape index (κ1) is 11.6. The number of rotatable bonds is 3. The molecule has 17 heavy (non-hydrogen) atoms. The summed E-state index contributed by atoms with van der Waals surface area (Å²) in [6.45, 7) is 3.96. The van der Waals surface area contributed by atoms with E-state index in [2.05, 4.69) is 4.98 Å². The minimum absolute atomic E-state index is 0.00415. The highest BCUT2D eigenvalue weighted by Gasteiger charge is 2.02. The van der Waals surface area contributed by atoms with E-state index in [4.69, 9.17) is 10.5 Å². The van der Waals surface area contributed by atoms with Crippen LogP contribution in [0.3, 0.4) is 0 Å². The Morgan fingerprint density at radius 2 is 2.06 bits per heavy atom. The molecular weight excluding hydrogens is 212 g/mol. The summed E-state index contributed by atoms with van der Waals surface area (Å²) < 4.78 is 5.64. The molecular formula is C14H16N2O. The van der Waals surface area contributed by atoms with E-state index in [0.717, 1.165) is 16.9 Å². The van der Waals surface area contributed by atoms with Crippen LogP contribution >= 0.6 is 0 Å². The zero-order valence-corrected chi connectivity index (χ0v) is 10.1. The highest BCUT2D eigenvalue weighted by atomic mass is 16.5. The highest BCUT2D eigenvalue weighted by Crippen LogP contribution is 2.21. The van der Waals surface area contributed by atoms with Crippen molar-refractivity contribution in [2.45, 2.75) is 19.9 Å². The van der Waals surface area contributed by atoms with Crippen LogP contribution in [0.1, 0.15) is 24.1 Å². The summed E-state index contributed by atoms with van der Waals surface area (Å²) in [6.07, 6.45) is 1.75. The number of pyridine rings is 1. The predicted octanol–water partition coefficient (Wildman–Crippen LogP) is 3.20. The number of hydrogen-bond acceptors (Lipinski definition) is 3. The molecule has 0 aliphatic heterocycles. The quantitative estimate of drug-likeness (QED) is 0.877. The second-order valence-electron chi connectivity index (χ2n) is 4.14. The Kier molecular flexibility index (Phi) is 3.40. The van der Waals surface area contributed by atoms with Crippen LogP contribution < -0.4 is 10.5 Å². The highest BCUT2D eigenvalue weighted by molar-refractivity contribution is 5.31. The third-order valence-electron chi connectivity index (χ3n) is 2.50. The summed E-state index contributed by atoms with van der Waals surface area (Å²) in [6, 6.07) is 11.6. The molecule has 0 amide bonds. The first-order valence-electron chi connectivity index (χ1n) is 5.61. The minimum Gasteiger partial charge on any atom is -0.439 e. The Labute approximate surface area is 101 Å². The molecule has 0 radical (unpaired) electrons. The smallest absolute Gasteiger partial charge is 0.219 e. The molecule has 0 aliphatic carbocycles. The number of nitrogens with zero attached hydrogens (tertiary/aromatic N) is 1. The van der Waals surface area contributed by atoms with Crippen molar-refractivity contribution >= 4 is 0 Å². The first-order chi connectivity index (χ1) is 8.15. The van der Waals surface area contributed by atoms with Crippen LogP contribution in [0.15, 0.2) is 42.6 Å². The van der Waals surface area contributed by atoms with E-state index in [1.807, 2.05) is 50.2 Å². The average molecular weight is 228 g/mol. The van der Waals surface area contributed by atoms with Crippen molar-refractivity contribution in [2.75, 3.05) is 0 Å². The van der Waals surface area contributed by atoms with Crippen molar-refractivity contribution in [1.29, 1.82) is 0 Å². The lowest BCUT2D eigenvalue weighted by Gasteiger charge is -2.07. The Morgan fingerprint density at radius 3 is 2.65 bits per heavy atom. The summed E-state index contributed by atoms with van der Waals surface area (Å²) in [5, 5.41) is 0. The molecule has 3 heteroatoms. The normalized spacial score (nSPS) is 12.2. The molecule has 1 atom stereocenters. The second kappa shape index (κ2) is 4.97. The molecule has 1 aromatic carbocycles. The van der Waals surface area contributed by atoms with Crippen LogP contribution in [0.2, 0.25) is 0 Å². The molecule has 2 N–H and O–H groups in total. The summed E-state index contributed by atoms with van der Waals surface area (Å²) in [7, 11) is 0. The van der Waals surface area contributed by atoms with Crippen LogP contribution in [-0.2, 0) is 0 Å². The van der Waals surface area contributed by atoms with Crippen LogP contribution in [-0.4, -0.2) is 4.98 Å². The van der Waals surface area contributed by atoms with Gasteiger partial charge in [0.1, 0.15) is 5.75 Å². The zero-order chi connectivity index (χ0) is 12.3.